The van der Waals surface area contributed by atoms with E-state index in [1.165, 1.54) is 17.0 Å². The average Bonchev–Trinajstić information content (AvgIpc) is 2.37. The molecule has 1 heterocycles. The molecule has 8 heteroatoms. The van der Waals surface area contributed by atoms with Crippen molar-refractivity contribution >= 4 is 23.2 Å². The van der Waals surface area contributed by atoms with E-state index in [2.05, 4.69) is 15.6 Å². The number of nitrogens with one attached hydrogen (secondary N) is 2. The molecule has 2 N–H and O–H groups in total. The number of likely N-dealkylation sites (N-methyl/N-ethyl adjacent to an activating group) is 1. The van der Waals surface area contributed by atoms with Crippen molar-refractivity contribution in [1.29, 1.82) is 0 Å². The van der Waals surface area contributed by atoms with Gasteiger partial charge in [-0.05, 0) is 13.8 Å². The zero-order valence-corrected chi connectivity index (χ0v) is 12.0. The topological polar surface area (TPSA) is 100 Å². The fourth-order valence-corrected chi connectivity index (χ4v) is 1.64. The maximum Gasteiger partial charge on any atom is 0.276 e. The lowest BCUT2D eigenvalue weighted by Gasteiger charge is -2.18. The largest absolute Gasteiger partial charge is 0.370 e. The summed E-state index contributed by atoms with van der Waals surface area (Å²) in [4.78, 5) is 27.8. The quantitative estimate of drug-likeness (QED) is 0.602. The highest BCUT2D eigenvalue weighted by Gasteiger charge is 2.17. The zero-order chi connectivity index (χ0) is 15.3. The number of hydrogen-bond acceptors (Lipinski definition) is 6. The zero-order valence-electron chi connectivity index (χ0n) is 12.0. The summed E-state index contributed by atoms with van der Waals surface area (Å²) in [5.74, 6) is 0.551. The van der Waals surface area contributed by atoms with E-state index in [0.717, 1.165) is 0 Å². The third-order valence-corrected chi connectivity index (χ3v) is 2.55. The average molecular weight is 281 g/mol. The van der Waals surface area contributed by atoms with E-state index in [4.69, 9.17) is 0 Å². The molecule has 20 heavy (non-hydrogen) atoms. The van der Waals surface area contributed by atoms with E-state index in [0.29, 0.717) is 12.4 Å². The highest BCUT2D eigenvalue weighted by molar-refractivity contribution is 5.83. The number of amides is 1. The van der Waals surface area contributed by atoms with Gasteiger partial charge in [-0.25, -0.2) is 4.98 Å². The van der Waals surface area contributed by atoms with Crippen LogP contribution >= 0.6 is 0 Å². The van der Waals surface area contributed by atoms with Crippen molar-refractivity contribution in [3.8, 4) is 0 Å². The smallest absolute Gasteiger partial charge is 0.276 e. The minimum absolute atomic E-state index is 0.0806. The highest BCUT2D eigenvalue weighted by Crippen LogP contribution is 2.21. The molecule has 0 spiro atoms. The fraction of sp³-hybridized carbons (Fsp3) is 0.500. The second kappa shape index (κ2) is 6.69. The molecule has 0 saturated heterocycles. The molecule has 0 saturated carbocycles. The Morgan fingerprint density at radius 1 is 1.45 bits per heavy atom. The molecule has 0 aliphatic heterocycles. The van der Waals surface area contributed by atoms with Crippen LogP contribution < -0.4 is 10.6 Å². The van der Waals surface area contributed by atoms with Gasteiger partial charge in [-0.3, -0.25) is 14.9 Å². The number of hydrogen-bond donors (Lipinski definition) is 2. The number of nitro groups is 1. The predicted molar refractivity (Wildman–Crippen MR) is 76.8 cm³/mol. The Hall–Kier alpha value is -2.38. The molecule has 1 rings (SSSR count). The first-order chi connectivity index (χ1) is 9.35. The van der Waals surface area contributed by atoms with Gasteiger partial charge < -0.3 is 15.5 Å². The molecular formula is C12H19N5O3. The summed E-state index contributed by atoms with van der Waals surface area (Å²) in [6, 6.07) is 2.14. The van der Waals surface area contributed by atoms with Gasteiger partial charge in [0.05, 0.1) is 17.1 Å². The van der Waals surface area contributed by atoms with E-state index < -0.39 is 11.0 Å². The SMILES string of the molecule is CCNc1cc([N+](=O)[O-])cc(NC(C)C(=O)N(C)C)n1. The second-order valence-electron chi connectivity index (χ2n) is 4.48. The Morgan fingerprint density at radius 3 is 2.55 bits per heavy atom. The summed E-state index contributed by atoms with van der Waals surface area (Å²) in [5.41, 5.74) is -0.0806. The Labute approximate surface area is 117 Å². The second-order valence-corrected chi connectivity index (χ2v) is 4.48. The number of carbonyl (C=O) groups excluding carboxylic acids is 1. The van der Waals surface area contributed by atoms with Crippen LogP contribution in [0.2, 0.25) is 0 Å². The van der Waals surface area contributed by atoms with Crippen molar-refractivity contribution in [1.82, 2.24) is 9.88 Å². The lowest BCUT2D eigenvalue weighted by atomic mass is 10.3. The van der Waals surface area contributed by atoms with Crippen molar-refractivity contribution in [3.63, 3.8) is 0 Å². The maximum atomic E-state index is 11.8. The molecule has 0 aromatic carbocycles. The fourth-order valence-electron chi connectivity index (χ4n) is 1.64. The number of rotatable bonds is 6. The summed E-state index contributed by atoms with van der Waals surface area (Å²) in [6.45, 7) is 4.14. The lowest BCUT2D eigenvalue weighted by Crippen LogP contribution is -2.36. The van der Waals surface area contributed by atoms with Crippen LogP contribution in [0, 0.1) is 10.1 Å². The first-order valence-corrected chi connectivity index (χ1v) is 6.23. The van der Waals surface area contributed by atoms with Gasteiger partial charge in [-0.15, -0.1) is 0 Å². The van der Waals surface area contributed by atoms with Gasteiger partial charge in [0, 0.05) is 20.6 Å². The van der Waals surface area contributed by atoms with Gasteiger partial charge in [0.1, 0.15) is 17.7 Å². The molecule has 110 valence electrons. The van der Waals surface area contributed by atoms with Gasteiger partial charge in [-0.1, -0.05) is 0 Å². The van der Waals surface area contributed by atoms with Crippen molar-refractivity contribution < 1.29 is 9.72 Å². The normalized spacial score (nSPS) is 11.6. The molecule has 0 radical (unpaired) electrons. The standard InChI is InChI=1S/C12H19N5O3/c1-5-13-10-6-9(17(19)20)7-11(15-10)14-8(2)12(18)16(3)4/h6-8H,5H2,1-4H3,(H2,13,14,15). The van der Waals surface area contributed by atoms with Crippen LogP contribution in [0.25, 0.3) is 0 Å². The van der Waals surface area contributed by atoms with Gasteiger partial charge in [0.15, 0.2) is 0 Å². The van der Waals surface area contributed by atoms with Crippen LogP contribution in [0.15, 0.2) is 12.1 Å². The number of aromatic nitrogens is 1. The molecule has 1 unspecified atom stereocenters. The van der Waals surface area contributed by atoms with Crippen LogP contribution in [-0.4, -0.2) is 47.4 Å². The summed E-state index contributed by atoms with van der Waals surface area (Å²) in [7, 11) is 3.29. The molecular weight excluding hydrogens is 262 g/mol. The summed E-state index contributed by atoms with van der Waals surface area (Å²) < 4.78 is 0. The van der Waals surface area contributed by atoms with Crippen LogP contribution in [0.3, 0.4) is 0 Å². The molecule has 1 atom stereocenters. The Bertz CT molecular complexity index is 504. The summed E-state index contributed by atoms with van der Waals surface area (Å²) in [5, 5.41) is 16.7. The minimum atomic E-state index is -0.519. The first-order valence-electron chi connectivity index (χ1n) is 6.23. The predicted octanol–water partition coefficient (Wildman–Crippen LogP) is 1.31. The molecule has 0 fully saturated rings. The van der Waals surface area contributed by atoms with E-state index in [1.54, 1.807) is 21.0 Å². The van der Waals surface area contributed by atoms with Crippen molar-refractivity contribution in [3.05, 3.63) is 22.2 Å². The lowest BCUT2D eigenvalue weighted by molar-refractivity contribution is -0.384. The van der Waals surface area contributed by atoms with Crippen molar-refractivity contribution in [2.45, 2.75) is 19.9 Å². The maximum absolute atomic E-state index is 11.8. The molecule has 1 aromatic heterocycles. The van der Waals surface area contributed by atoms with Crippen LogP contribution in [0.1, 0.15) is 13.8 Å². The van der Waals surface area contributed by atoms with Crippen LogP contribution in [-0.2, 0) is 4.79 Å². The summed E-state index contributed by atoms with van der Waals surface area (Å²) in [6.07, 6.45) is 0. The van der Waals surface area contributed by atoms with E-state index in [9.17, 15) is 14.9 Å². The van der Waals surface area contributed by atoms with E-state index in [-0.39, 0.29) is 17.4 Å². The van der Waals surface area contributed by atoms with Crippen molar-refractivity contribution in [2.24, 2.45) is 0 Å². The first kappa shape index (κ1) is 15.7. The molecule has 0 aliphatic rings. The Morgan fingerprint density at radius 2 is 2.05 bits per heavy atom. The van der Waals surface area contributed by atoms with Gasteiger partial charge in [0.2, 0.25) is 5.91 Å². The molecule has 0 aliphatic carbocycles. The van der Waals surface area contributed by atoms with E-state index >= 15 is 0 Å². The minimum Gasteiger partial charge on any atom is -0.370 e. The van der Waals surface area contributed by atoms with E-state index in [1.807, 2.05) is 6.92 Å². The third kappa shape index (κ3) is 4.08. The molecule has 8 nitrogen and oxygen atoms in total. The number of anilines is 2. The molecule has 1 amide bonds. The van der Waals surface area contributed by atoms with Crippen molar-refractivity contribution in [2.75, 3.05) is 31.3 Å². The number of nitrogens with zero attached hydrogens (tertiary/aromatic N) is 3. The third-order valence-electron chi connectivity index (χ3n) is 2.55. The Kier molecular flexibility index (Phi) is 5.24. The number of pyridine rings is 1. The van der Waals surface area contributed by atoms with Gasteiger partial charge in [-0.2, -0.15) is 0 Å². The van der Waals surface area contributed by atoms with Crippen LogP contribution in [0.5, 0.6) is 0 Å². The summed E-state index contributed by atoms with van der Waals surface area (Å²) >= 11 is 0. The monoisotopic (exact) mass is 281 g/mol. The number of carbonyl (C=O) groups is 1. The van der Waals surface area contributed by atoms with Gasteiger partial charge >= 0.3 is 0 Å². The molecule has 1 aromatic rings. The highest BCUT2D eigenvalue weighted by atomic mass is 16.6. The molecule has 0 bridgehead atoms. The van der Waals surface area contributed by atoms with Crippen LogP contribution in [0.4, 0.5) is 17.3 Å². The van der Waals surface area contributed by atoms with Gasteiger partial charge in [0.25, 0.3) is 5.69 Å². The Balaban J connectivity index is 2.99.